The molecule has 1 unspecified atom stereocenters. The Morgan fingerprint density at radius 3 is 2.63 bits per heavy atom. The molecular formula is C14H23NO3S. The number of ether oxygens (including phenoxy) is 1. The molecule has 0 aromatic heterocycles. The van der Waals surface area contributed by atoms with Crippen molar-refractivity contribution in [1.82, 2.24) is 0 Å². The van der Waals surface area contributed by atoms with Crippen molar-refractivity contribution < 1.29 is 13.2 Å². The van der Waals surface area contributed by atoms with E-state index in [4.69, 9.17) is 10.5 Å². The predicted molar refractivity (Wildman–Crippen MR) is 78.2 cm³/mol. The molecule has 1 rings (SSSR count). The predicted octanol–water partition coefficient (Wildman–Crippen LogP) is 1.78. The maximum absolute atomic E-state index is 11.0. The highest BCUT2D eigenvalue weighted by Crippen LogP contribution is 2.20. The van der Waals surface area contributed by atoms with Gasteiger partial charge in [0.25, 0.3) is 0 Å². The topological polar surface area (TPSA) is 69.4 Å². The van der Waals surface area contributed by atoms with Crippen LogP contribution in [0.2, 0.25) is 0 Å². The van der Waals surface area contributed by atoms with Gasteiger partial charge in [-0.25, -0.2) is 8.42 Å². The number of hydrogen-bond acceptors (Lipinski definition) is 4. The van der Waals surface area contributed by atoms with E-state index in [1.165, 1.54) is 6.26 Å². The summed E-state index contributed by atoms with van der Waals surface area (Å²) in [6, 6.07) is 7.90. The van der Waals surface area contributed by atoms with Crippen LogP contribution in [-0.4, -0.2) is 33.1 Å². The molecule has 2 N–H and O–H groups in total. The van der Waals surface area contributed by atoms with Gasteiger partial charge < -0.3 is 10.5 Å². The fraction of sp³-hybridized carbons (Fsp3) is 0.571. The van der Waals surface area contributed by atoms with Gasteiger partial charge in [0.2, 0.25) is 0 Å². The molecule has 1 aromatic rings. The minimum Gasteiger partial charge on any atom is -0.493 e. The van der Waals surface area contributed by atoms with Crippen LogP contribution in [0, 0.1) is 0 Å². The summed E-state index contributed by atoms with van der Waals surface area (Å²) in [5.74, 6) is 0.962. The first-order chi connectivity index (χ1) is 8.92. The summed E-state index contributed by atoms with van der Waals surface area (Å²) in [5, 5.41) is 0. The van der Waals surface area contributed by atoms with Crippen molar-refractivity contribution in [3.63, 3.8) is 0 Å². The lowest BCUT2D eigenvalue weighted by Gasteiger charge is -2.14. The lowest BCUT2D eigenvalue weighted by Crippen LogP contribution is -2.21. The Kier molecular flexibility index (Phi) is 6.31. The van der Waals surface area contributed by atoms with Gasteiger partial charge in [0.15, 0.2) is 0 Å². The fourth-order valence-electron chi connectivity index (χ4n) is 1.74. The van der Waals surface area contributed by atoms with Crippen molar-refractivity contribution in [2.24, 2.45) is 5.73 Å². The van der Waals surface area contributed by atoms with E-state index in [0.29, 0.717) is 13.0 Å². The number of hydrogen-bond donors (Lipinski definition) is 1. The zero-order valence-corrected chi connectivity index (χ0v) is 12.4. The van der Waals surface area contributed by atoms with E-state index < -0.39 is 9.84 Å². The zero-order chi connectivity index (χ0) is 14.3. The molecule has 1 aromatic carbocycles. The monoisotopic (exact) mass is 285 g/mol. The SMILES string of the molecule is CCC(N)Cc1ccccc1OCCCS(C)(=O)=O. The lowest BCUT2D eigenvalue weighted by atomic mass is 10.0. The molecule has 0 bridgehead atoms. The molecule has 0 aliphatic carbocycles. The van der Waals surface area contributed by atoms with Crippen molar-refractivity contribution in [1.29, 1.82) is 0 Å². The molecule has 4 nitrogen and oxygen atoms in total. The Balaban J connectivity index is 2.53. The molecule has 5 heteroatoms. The van der Waals surface area contributed by atoms with E-state index in [1.54, 1.807) is 0 Å². The van der Waals surface area contributed by atoms with E-state index in [0.717, 1.165) is 24.2 Å². The lowest BCUT2D eigenvalue weighted by molar-refractivity contribution is 0.313. The summed E-state index contributed by atoms with van der Waals surface area (Å²) >= 11 is 0. The molecule has 0 aliphatic heterocycles. The quantitative estimate of drug-likeness (QED) is 0.739. The highest BCUT2D eigenvalue weighted by molar-refractivity contribution is 7.90. The number of para-hydroxylation sites is 1. The van der Waals surface area contributed by atoms with Crippen molar-refractivity contribution >= 4 is 9.84 Å². The first-order valence-corrected chi connectivity index (χ1v) is 8.62. The van der Waals surface area contributed by atoms with Crippen LogP contribution in [0.15, 0.2) is 24.3 Å². The molecule has 0 aliphatic rings. The summed E-state index contributed by atoms with van der Waals surface area (Å²) in [7, 11) is -2.91. The maximum atomic E-state index is 11.0. The van der Waals surface area contributed by atoms with Gasteiger partial charge in [0.05, 0.1) is 12.4 Å². The van der Waals surface area contributed by atoms with Gasteiger partial charge in [-0.15, -0.1) is 0 Å². The third-order valence-electron chi connectivity index (χ3n) is 2.90. The Labute approximate surface area is 115 Å². The zero-order valence-electron chi connectivity index (χ0n) is 11.6. The summed E-state index contributed by atoms with van der Waals surface area (Å²) < 4.78 is 27.7. The van der Waals surface area contributed by atoms with Gasteiger partial charge in [-0.3, -0.25) is 0 Å². The van der Waals surface area contributed by atoms with E-state index in [1.807, 2.05) is 24.3 Å². The summed E-state index contributed by atoms with van der Waals surface area (Å²) in [5.41, 5.74) is 7.03. The van der Waals surface area contributed by atoms with Crippen molar-refractivity contribution in [2.75, 3.05) is 18.6 Å². The first-order valence-electron chi connectivity index (χ1n) is 6.56. The number of rotatable bonds is 8. The van der Waals surface area contributed by atoms with Gasteiger partial charge in [0, 0.05) is 12.3 Å². The number of benzene rings is 1. The van der Waals surface area contributed by atoms with Crippen LogP contribution in [0.5, 0.6) is 5.75 Å². The molecule has 0 spiro atoms. The van der Waals surface area contributed by atoms with Crippen LogP contribution in [0.25, 0.3) is 0 Å². The van der Waals surface area contributed by atoms with E-state index in [2.05, 4.69) is 6.92 Å². The maximum Gasteiger partial charge on any atom is 0.147 e. The molecule has 19 heavy (non-hydrogen) atoms. The number of sulfone groups is 1. The van der Waals surface area contributed by atoms with Crippen LogP contribution in [0.4, 0.5) is 0 Å². The van der Waals surface area contributed by atoms with E-state index >= 15 is 0 Å². The van der Waals surface area contributed by atoms with E-state index in [-0.39, 0.29) is 11.8 Å². The van der Waals surface area contributed by atoms with Gasteiger partial charge >= 0.3 is 0 Å². The molecular weight excluding hydrogens is 262 g/mol. The molecule has 0 saturated carbocycles. The third-order valence-corrected chi connectivity index (χ3v) is 3.93. The largest absolute Gasteiger partial charge is 0.493 e. The van der Waals surface area contributed by atoms with Crippen molar-refractivity contribution in [3.05, 3.63) is 29.8 Å². The summed E-state index contributed by atoms with van der Waals surface area (Å²) in [6.07, 6.45) is 3.44. The molecule has 0 radical (unpaired) electrons. The summed E-state index contributed by atoms with van der Waals surface area (Å²) in [4.78, 5) is 0. The average molecular weight is 285 g/mol. The van der Waals surface area contributed by atoms with E-state index in [9.17, 15) is 8.42 Å². The van der Waals surface area contributed by atoms with Crippen LogP contribution >= 0.6 is 0 Å². The van der Waals surface area contributed by atoms with Crippen LogP contribution < -0.4 is 10.5 Å². The standard InChI is InChI=1S/C14H23NO3S/c1-3-13(15)11-12-7-4-5-8-14(12)18-9-6-10-19(2,16)17/h4-5,7-8,13H,3,6,9-11,15H2,1-2H3. The summed E-state index contributed by atoms with van der Waals surface area (Å²) in [6.45, 7) is 2.46. The minimum atomic E-state index is -2.91. The second-order valence-electron chi connectivity index (χ2n) is 4.81. The van der Waals surface area contributed by atoms with Crippen molar-refractivity contribution in [3.8, 4) is 5.75 Å². The molecule has 0 saturated heterocycles. The first kappa shape index (κ1) is 16.0. The Morgan fingerprint density at radius 1 is 1.32 bits per heavy atom. The second-order valence-corrected chi connectivity index (χ2v) is 7.07. The van der Waals surface area contributed by atoms with Crippen LogP contribution in [0.1, 0.15) is 25.3 Å². The molecule has 1 atom stereocenters. The Morgan fingerprint density at radius 2 is 2.00 bits per heavy atom. The molecule has 108 valence electrons. The number of nitrogens with two attached hydrogens (primary N) is 1. The third kappa shape index (κ3) is 6.59. The minimum absolute atomic E-state index is 0.126. The van der Waals surface area contributed by atoms with Crippen molar-refractivity contribution in [2.45, 2.75) is 32.2 Å². The van der Waals surface area contributed by atoms with Crippen LogP contribution in [-0.2, 0) is 16.3 Å². The average Bonchev–Trinajstić information content (AvgIpc) is 2.35. The second kappa shape index (κ2) is 7.50. The molecule has 0 heterocycles. The highest BCUT2D eigenvalue weighted by atomic mass is 32.2. The normalized spacial score (nSPS) is 13.2. The fourth-order valence-corrected chi connectivity index (χ4v) is 2.39. The van der Waals surface area contributed by atoms with Gasteiger partial charge in [-0.2, -0.15) is 0 Å². The highest BCUT2D eigenvalue weighted by Gasteiger charge is 2.08. The smallest absolute Gasteiger partial charge is 0.147 e. The molecule has 0 amide bonds. The van der Waals surface area contributed by atoms with Gasteiger partial charge in [-0.1, -0.05) is 25.1 Å². The Hall–Kier alpha value is -1.07. The van der Waals surface area contributed by atoms with Gasteiger partial charge in [-0.05, 0) is 30.9 Å². The van der Waals surface area contributed by atoms with Gasteiger partial charge in [0.1, 0.15) is 15.6 Å². The molecule has 0 fully saturated rings. The van der Waals surface area contributed by atoms with Crippen LogP contribution in [0.3, 0.4) is 0 Å². The Bertz CT molecular complexity index is 485.